The number of aliphatic carboxylic acids is 1. The van der Waals surface area contributed by atoms with Gasteiger partial charge in [0.2, 0.25) is 0 Å². The lowest BCUT2D eigenvalue weighted by Crippen LogP contribution is -2.55. The first-order chi connectivity index (χ1) is 8.65. The maximum absolute atomic E-state index is 12.2. The number of carboxylic acid groups (broad SMARTS) is 1. The van der Waals surface area contributed by atoms with Crippen LogP contribution in [0.25, 0.3) is 0 Å². The van der Waals surface area contributed by atoms with Gasteiger partial charge >= 0.3 is 12.1 Å². The summed E-state index contributed by atoms with van der Waals surface area (Å²) >= 11 is 0. The lowest BCUT2D eigenvalue weighted by atomic mass is 9.82. The van der Waals surface area contributed by atoms with Crippen LogP contribution in [0.2, 0.25) is 0 Å². The van der Waals surface area contributed by atoms with Crippen LogP contribution in [0.5, 0.6) is 0 Å². The Morgan fingerprint density at radius 3 is 2.37 bits per heavy atom. The number of rotatable bonds is 2. The molecule has 3 unspecified atom stereocenters. The predicted molar refractivity (Wildman–Crippen MR) is 71.9 cm³/mol. The Balaban J connectivity index is 2.93. The summed E-state index contributed by atoms with van der Waals surface area (Å²) in [4.78, 5) is 25.0. The molecule has 1 aliphatic heterocycles. The summed E-state index contributed by atoms with van der Waals surface area (Å²) in [5.41, 5.74) is -0.609. The Hall–Kier alpha value is -1.26. The van der Waals surface area contributed by atoms with E-state index in [-0.39, 0.29) is 5.92 Å². The Labute approximate surface area is 114 Å². The molecular formula is C14H25NO4. The highest BCUT2D eigenvalue weighted by Crippen LogP contribution is 2.31. The number of piperidine rings is 1. The van der Waals surface area contributed by atoms with Crippen molar-refractivity contribution in [3.8, 4) is 0 Å². The number of ether oxygens (including phenoxy) is 1. The van der Waals surface area contributed by atoms with E-state index in [0.717, 1.165) is 12.8 Å². The quantitative estimate of drug-likeness (QED) is 0.838. The topological polar surface area (TPSA) is 66.8 Å². The molecule has 0 spiro atoms. The lowest BCUT2D eigenvalue weighted by Gasteiger charge is -2.41. The molecule has 3 atom stereocenters. The molecule has 1 saturated heterocycles. The SMILES string of the molecule is CCC1CC(C)CN(C(=O)OC(C)(C)C)C1C(=O)O. The molecule has 0 aliphatic carbocycles. The summed E-state index contributed by atoms with van der Waals surface area (Å²) in [5, 5.41) is 9.39. The largest absolute Gasteiger partial charge is 0.480 e. The molecule has 110 valence electrons. The van der Waals surface area contributed by atoms with E-state index >= 15 is 0 Å². The average molecular weight is 271 g/mol. The van der Waals surface area contributed by atoms with Gasteiger partial charge in [-0.3, -0.25) is 4.90 Å². The summed E-state index contributed by atoms with van der Waals surface area (Å²) in [6.45, 7) is 9.80. The first-order valence-electron chi connectivity index (χ1n) is 6.88. The maximum atomic E-state index is 12.2. The van der Waals surface area contributed by atoms with Crippen LogP contribution >= 0.6 is 0 Å². The monoisotopic (exact) mass is 271 g/mol. The molecule has 1 rings (SSSR count). The van der Waals surface area contributed by atoms with Crippen LogP contribution in [0.3, 0.4) is 0 Å². The van der Waals surface area contributed by atoms with Crippen LogP contribution in [0, 0.1) is 11.8 Å². The molecule has 0 aromatic carbocycles. The molecule has 0 aromatic heterocycles. The molecule has 0 bridgehead atoms. The third-order valence-electron chi connectivity index (χ3n) is 3.40. The van der Waals surface area contributed by atoms with Gasteiger partial charge in [0.15, 0.2) is 0 Å². The van der Waals surface area contributed by atoms with Crippen molar-refractivity contribution in [3.05, 3.63) is 0 Å². The van der Waals surface area contributed by atoms with E-state index in [1.807, 2.05) is 13.8 Å². The van der Waals surface area contributed by atoms with Gasteiger partial charge in [-0.15, -0.1) is 0 Å². The van der Waals surface area contributed by atoms with Gasteiger partial charge in [-0.1, -0.05) is 20.3 Å². The molecule has 5 nitrogen and oxygen atoms in total. The normalized spacial score (nSPS) is 28.1. The molecule has 1 amide bonds. The first-order valence-corrected chi connectivity index (χ1v) is 6.88. The van der Waals surface area contributed by atoms with Gasteiger partial charge in [-0.2, -0.15) is 0 Å². The average Bonchev–Trinajstić information content (AvgIpc) is 2.24. The number of hydrogen-bond donors (Lipinski definition) is 1. The van der Waals surface area contributed by atoms with Gasteiger partial charge in [0.05, 0.1) is 0 Å². The highest BCUT2D eigenvalue weighted by atomic mass is 16.6. The van der Waals surface area contributed by atoms with E-state index in [4.69, 9.17) is 4.74 Å². The molecule has 0 radical (unpaired) electrons. The third-order valence-corrected chi connectivity index (χ3v) is 3.40. The Morgan fingerprint density at radius 1 is 1.37 bits per heavy atom. The number of amides is 1. The van der Waals surface area contributed by atoms with Crippen LogP contribution in [-0.2, 0) is 9.53 Å². The number of carboxylic acids is 1. The smallest absolute Gasteiger partial charge is 0.411 e. The van der Waals surface area contributed by atoms with E-state index in [0.29, 0.717) is 12.5 Å². The molecule has 1 heterocycles. The molecule has 19 heavy (non-hydrogen) atoms. The molecule has 1 aliphatic rings. The van der Waals surface area contributed by atoms with Gasteiger partial charge in [0, 0.05) is 6.54 Å². The standard InChI is InChI=1S/C14H25NO4/c1-6-10-7-9(2)8-15(11(10)12(16)17)13(18)19-14(3,4)5/h9-11H,6-8H2,1-5H3,(H,16,17). The Bertz CT molecular complexity index is 348. The number of hydrogen-bond acceptors (Lipinski definition) is 3. The van der Waals surface area contributed by atoms with Gasteiger partial charge in [0.25, 0.3) is 0 Å². The molecule has 0 aromatic rings. The maximum Gasteiger partial charge on any atom is 0.411 e. The van der Waals surface area contributed by atoms with Crippen molar-refractivity contribution in [2.45, 2.75) is 59.1 Å². The minimum atomic E-state index is -0.940. The second kappa shape index (κ2) is 5.80. The predicted octanol–water partition coefficient (Wildman–Crippen LogP) is 2.74. The fraction of sp³-hybridized carbons (Fsp3) is 0.857. The van der Waals surface area contributed by atoms with Crippen LogP contribution in [-0.4, -0.2) is 40.3 Å². The van der Waals surface area contributed by atoms with Crippen molar-refractivity contribution < 1.29 is 19.4 Å². The van der Waals surface area contributed by atoms with Crippen molar-refractivity contribution in [1.29, 1.82) is 0 Å². The van der Waals surface area contributed by atoms with Crippen molar-refractivity contribution in [2.24, 2.45) is 11.8 Å². The first kappa shape index (κ1) is 15.8. The van der Waals surface area contributed by atoms with Crippen molar-refractivity contribution in [1.82, 2.24) is 4.90 Å². The Kier molecular flexibility index (Phi) is 4.82. The number of nitrogens with zero attached hydrogens (tertiary/aromatic N) is 1. The zero-order valence-corrected chi connectivity index (χ0v) is 12.5. The van der Waals surface area contributed by atoms with Gasteiger partial charge in [-0.25, -0.2) is 9.59 Å². The molecule has 1 fully saturated rings. The number of likely N-dealkylation sites (tertiary alicyclic amines) is 1. The summed E-state index contributed by atoms with van der Waals surface area (Å²) in [5.74, 6) is -0.647. The summed E-state index contributed by atoms with van der Waals surface area (Å²) in [6.07, 6.45) is 1.07. The van der Waals surface area contributed by atoms with Gasteiger partial charge in [0.1, 0.15) is 11.6 Å². The Morgan fingerprint density at radius 2 is 1.95 bits per heavy atom. The van der Waals surface area contributed by atoms with Crippen LogP contribution in [0.1, 0.15) is 47.5 Å². The second-order valence-electron chi connectivity index (χ2n) is 6.42. The summed E-state index contributed by atoms with van der Waals surface area (Å²) in [6, 6.07) is -0.768. The lowest BCUT2D eigenvalue weighted by molar-refractivity contribution is -0.147. The third kappa shape index (κ3) is 4.11. The molecule has 0 saturated carbocycles. The number of carbonyl (C=O) groups excluding carboxylic acids is 1. The van der Waals surface area contributed by atoms with Crippen molar-refractivity contribution >= 4 is 12.1 Å². The second-order valence-corrected chi connectivity index (χ2v) is 6.42. The fourth-order valence-electron chi connectivity index (χ4n) is 2.66. The van der Waals surface area contributed by atoms with Gasteiger partial charge in [-0.05, 0) is 39.0 Å². The zero-order valence-electron chi connectivity index (χ0n) is 12.5. The summed E-state index contributed by atoms with van der Waals surface area (Å²) < 4.78 is 5.32. The van der Waals surface area contributed by atoms with E-state index in [2.05, 4.69) is 0 Å². The van der Waals surface area contributed by atoms with Crippen molar-refractivity contribution in [3.63, 3.8) is 0 Å². The van der Waals surface area contributed by atoms with Crippen LogP contribution < -0.4 is 0 Å². The minimum Gasteiger partial charge on any atom is -0.480 e. The molecular weight excluding hydrogens is 246 g/mol. The molecule has 5 heteroatoms. The van der Waals surface area contributed by atoms with Crippen LogP contribution in [0.4, 0.5) is 4.79 Å². The van der Waals surface area contributed by atoms with Crippen LogP contribution in [0.15, 0.2) is 0 Å². The van der Waals surface area contributed by atoms with E-state index in [1.165, 1.54) is 4.90 Å². The van der Waals surface area contributed by atoms with Gasteiger partial charge < -0.3 is 9.84 Å². The van der Waals surface area contributed by atoms with E-state index < -0.39 is 23.7 Å². The molecule has 1 N–H and O–H groups in total. The number of carbonyl (C=O) groups is 2. The zero-order chi connectivity index (χ0) is 14.8. The van der Waals surface area contributed by atoms with E-state index in [9.17, 15) is 14.7 Å². The fourth-order valence-corrected chi connectivity index (χ4v) is 2.66. The minimum absolute atomic E-state index is 0.00577. The summed E-state index contributed by atoms with van der Waals surface area (Å²) in [7, 11) is 0. The van der Waals surface area contributed by atoms with Crippen molar-refractivity contribution in [2.75, 3.05) is 6.54 Å². The highest BCUT2D eigenvalue weighted by molar-refractivity contribution is 5.80. The highest BCUT2D eigenvalue weighted by Gasteiger charge is 2.42. The van der Waals surface area contributed by atoms with E-state index in [1.54, 1.807) is 20.8 Å².